The molecule has 1 aliphatic heterocycles. The van der Waals surface area contributed by atoms with Crippen LogP contribution in [0.25, 0.3) is 0 Å². The van der Waals surface area contributed by atoms with Crippen LogP contribution < -0.4 is 5.32 Å². The van der Waals surface area contributed by atoms with E-state index in [4.69, 9.17) is 9.72 Å². The second-order valence-electron chi connectivity index (χ2n) is 6.56. The Hall–Kier alpha value is -0.690. The quantitative estimate of drug-likeness (QED) is 0.683. The molecule has 2 aromatic rings. The van der Waals surface area contributed by atoms with Gasteiger partial charge in [0.15, 0.2) is 0 Å². The number of piperazine rings is 1. The van der Waals surface area contributed by atoms with Crippen molar-refractivity contribution < 1.29 is 4.74 Å². The van der Waals surface area contributed by atoms with Crippen molar-refractivity contribution in [3.8, 4) is 0 Å². The van der Waals surface area contributed by atoms with Gasteiger partial charge >= 0.3 is 0 Å². The Bertz CT molecular complexity index is 666. The molecular formula is C20H31Cl2N3OS. The second kappa shape index (κ2) is 12.0. The minimum Gasteiger partial charge on any atom is -0.372 e. The Morgan fingerprint density at radius 2 is 2.00 bits per heavy atom. The van der Waals surface area contributed by atoms with E-state index >= 15 is 0 Å². The molecule has 1 saturated heterocycles. The molecule has 2 heterocycles. The molecule has 1 fully saturated rings. The average molecular weight is 432 g/mol. The molecule has 152 valence electrons. The molecule has 1 aromatic heterocycles. The highest BCUT2D eigenvalue weighted by atomic mass is 35.5. The van der Waals surface area contributed by atoms with Crippen molar-refractivity contribution in [2.45, 2.75) is 45.9 Å². The fourth-order valence-electron chi connectivity index (χ4n) is 3.35. The summed E-state index contributed by atoms with van der Waals surface area (Å²) in [7, 11) is 0. The third-order valence-corrected chi connectivity index (χ3v) is 5.88. The van der Waals surface area contributed by atoms with Crippen molar-refractivity contribution in [3.63, 3.8) is 0 Å². The Morgan fingerprint density at radius 1 is 1.26 bits per heavy atom. The Labute approximate surface area is 179 Å². The lowest BCUT2D eigenvalue weighted by atomic mass is 10.0. The van der Waals surface area contributed by atoms with Gasteiger partial charge in [0.2, 0.25) is 0 Å². The number of benzene rings is 1. The topological polar surface area (TPSA) is 37.4 Å². The summed E-state index contributed by atoms with van der Waals surface area (Å²) in [6, 6.07) is 9.49. The van der Waals surface area contributed by atoms with E-state index in [1.807, 2.05) is 6.92 Å². The number of ether oxygens (including phenoxy) is 1. The van der Waals surface area contributed by atoms with E-state index in [0.29, 0.717) is 6.04 Å². The molecule has 2 atom stereocenters. The maximum absolute atomic E-state index is 5.67. The number of rotatable bonds is 7. The zero-order valence-electron chi connectivity index (χ0n) is 16.3. The number of aryl methyl sites for hydroxylation is 1. The van der Waals surface area contributed by atoms with E-state index in [9.17, 15) is 0 Å². The fourth-order valence-corrected chi connectivity index (χ4v) is 4.16. The summed E-state index contributed by atoms with van der Waals surface area (Å²) in [6.45, 7) is 11.0. The van der Waals surface area contributed by atoms with Crippen LogP contribution >= 0.6 is 36.2 Å². The van der Waals surface area contributed by atoms with Crippen molar-refractivity contribution in [2.24, 2.45) is 0 Å². The van der Waals surface area contributed by atoms with Crippen molar-refractivity contribution in [1.82, 2.24) is 15.2 Å². The van der Waals surface area contributed by atoms with Gasteiger partial charge in [-0.2, -0.15) is 0 Å². The van der Waals surface area contributed by atoms with E-state index < -0.39 is 0 Å². The minimum absolute atomic E-state index is 0. The molecule has 0 saturated carbocycles. The lowest BCUT2D eigenvalue weighted by Crippen LogP contribution is -2.45. The lowest BCUT2D eigenvalue weighted by molar-refractivity contribution is 0.0758. The highest BCUT2D eigenvalue weighted by molar-refractivity contribution is 7.09. The third kappa shape index (κ3) is 6.41. The molecule has 0 spiro atoms. The molecule has 0 aliphatic carbocycles. The molecular weight excluding hydrogens is 401 g/mol. The van der Waals surface area contributed by atoms with Crippen LogP contribution in [-0.2, 0) is 17.7 Å². The molecule has 1 N–H and O–H groups in total. The van der Waals surface area contributed by atoms with Crippen molar-refractivity contribution >= 4 is 36.2 Å². The van der Waals surface area contributed by atoms with Gasteiger partial charge in [-0.05, 0) is 31.4 Å². The summed E-state index contributed by atoms with van der Waals surface area (Å²) < 4.78 is 5.67. The van der Waals surface area contributed by atoms with E-state index in [0.717, 1.165) is 49.9 Å². The molecule has 7 heteroatoms. The zero-order chi connectivity index (χ0) is 17.6. The van der Waals surface area contributed by atoms with Gasteiger partial charge in [-0.3, -0.25) is 4.90 Å². The van der Waals surface area contributed by atoms with Crippen LogP contribution in [0.4, 0.5) is 0 Å². The summed E-state index contributed by atoms with van der Waals surface area (Å²) in [5.74, 6) is 0. The van der Waals surface area contributed by atoms with Gasteiger partial charge < -0.3 is 10.1 Å². The third-order valence-electron chi connectivity index (χ3n) is 4.83. The Morgan fingerprint density at radius 3 is 2.67 bits per heavy atom. The first-order valence-corrected chi connectivity index (χ1v) is 10.2. The predicted molar refractivity (Wildman–Crippen MR) is 118 cm³/mol. The number of aromatic nitrogens is 1. The van der Waals surface area contributed by atoms with Crippen LogP contribution in [0.15, 0.2) is 29.6 Å². The highest BCUT2D eigenvalue weighted by Gasteiger charge is 2.24. The molecule has 1 aromatic carbocycles. The molecule has 1 aliphatic rings. The molecule has 0 amide bonds. The van der Waals surface area contributed by atoms with E-state index in [-0.39, 0.29) is 30.9 Å². The summed E-state index contributed by atoms with van der Waals surface area (Å²) in [5.41, 5.74) is 3.94. The normalized spacial score (nSPS) is 18.4. The maximum atomic E-state index is 5.67. The standard InChI is InChI=1S/C20H29N3OS.2ClH/c1-4-16-6-8-17(9-7-16)19-12-21-10-11-23(19)13-18-14-25-20(22-18)15(3)24-5-2;;/h6-9,14-15,19,21H,4-5,10-13H2,1-3H3;2*1H. The number of nitrogens with one attached hydrogen (secondary N) is 1. The van der Waals surface area contributed by atoms with E-state index in [1.165, 1.54) is 11.1 Å². The average Bonchev–Trinajstić information content (AvgIpc) is 3.11. The smallest absolute Gasteiger partial charge is 0.122 e. The summed E-state index contributed by atoms with van der Waals surface area (Å²) in [4.78, 5) is 7.35. The van der Waals surface area contributed by atoms with Gasteiger partial charge in [-0.25, -0.2) is 4.98 Å². The number of thiazole rings is 1. The van der Waals surface area contributed by atoms with Crippen LogP contribution in [0, 0.1) is 0 Å². The van der Waals surface area contributed by atoms with Gasteiger partial charge in [0, 0.05) is 44.2 Å². The number of halogens is 2. The first kappa shape index (κ1) is 24.3. The molecule has 2 unspecified atom stereocenters. The molecule has 3 rings (SSSR count). The van der Waals surface area contributed by atoms with Crippen LogP contribution in [0.5, 0.6) is 0 Å². The SMILES string of the molecule is CCOC(C)c1nc(CN2CCNCC2c2ccc(CC)cc2)cs1.Cl.Cl. The molecule has 0 bridgehead atoms. The summed E-state index contributed by atoms with van der Waals surface area (Å²) >= 11 is 1.71. The van der Waals surface area contributed by atoms with Crippen molar-refractivity contribution in [2.75, 3.05) is 26.2 Å². The minimum atomic E-state index is 0. The van der Waals surface area contributed by atoms with Crippen LogP contribution in [0.1, 0.15) is 54.7 Å². The van der Waals surface area contributed by atoms with Gasteiger partial charge in [0.05, 0.1) is 5.69 Å². The second-order valence-corrected chi connectivity index (χ2v) is 7.45. The summed E-state index contributed by atoms with van der Waals surface area (Å²) in [5, 5.41) is 6.80. The fraction of sp³-hybridized carbons (Fsp3) is 0.550. The van der Waals surface area contributed by atoms with Crippen molar-refractivity contribution in [3.05, 3.63) is 51.5 Å². The first-order valence-electron chi connectivity index (χ1n) is 9.30. The number of hydrogen-bond acceptors (Lipinski definition) is 5. The number of hydrogen-bond donors (Lipinski definition) is 1. The molecule has 27 heavy (non-hydrogen) atoms. The monoisotopic (exact) mass is 431 g/mol. The largest absolute Gasteiger partial charge is 0.372 e. The summed E-state index contributed by atoms with van der Waals surface area (Å²) in [6.07, 6.45) is 1.18. The molecule has 0 radical (unpaired) electrons. The Balaban J connectivity index is 0.00000182. The molecule has 4 nitrogen and oxygen atoms in total. The maximum Gasteiger partial charge on any atom is 0.122 e. The van der Waals surface area contributed by atoms with Gasteiger partial charge in [-0.15, -0.1) is 36.2 Å². The van der Waals surface area contributed by atoms with Crippen LogP contribution in [-0.4, -0.2) is 36.1 Å². The zero-order valence-corrected chi connectivity index (χ0v) is 18.8. The lowest BCUT2D eigenvalue weighted by Gasteiger charge is -2.36. The Kier molecular flexibility index (Phi) is 10.8. The van der Waals surface area contributed by atoms with Gasteiger partial charge in [-0.1, -0.05) is 31.2 Å². The van der Waals surface area contributed by atoms with E-state index in [1.54, 1.807) is 11.3 Å². The first-order chi connectivity index (χ1) is 12.2. The van der Waals surface area contributed by atoms with Gasteiger partial charge in [0.1, 0.15) is 11.1 Å². The van der Waals surface area contributed by atoms with Gasteiger partial charge in [0.25, 0.3) is 0 Å². The number of nitrogens with zero attached hydrogens (tertiary/aromatic N) is 2. The van der Waals surface area contributed by atoms with E-state index in [2.05, 4.69) is 53.7 Å². The van der Waals surface area contributed by atoms with Crippen molar-refractivity contribution in [1.29, 1.82) is 0 Å². The van der Waals surface area contributed by atoms with Crippen LogP contribution in [0.3, 0.4) is 0 Å². The predicted octanol–water partition coefficient (Wildman–Crippen LogP) is 4.79. The van der Waals surface area contributed by atoms with Crippen LogP contribution in [0.2, 0.25) is 0 Å². The highest BCUT2D eigenvalue weighted by Crippen LogP contribution is 2.27.